The van der Waals surface area contributed by atoms with E-state index in [9.17, 15) is 4.79 Å². The van der Waals surface area contributed by atoms with Crippen LogP contribution in [0.1, 0.15) is 54.2 Å². The molecule has 1 unspecified atom stereocenters. The van der Waals surface area contributed by atoms with Crippen LogP contribution in [0.4, 0.5) is 0 Å². The first-order valence-corrected chi connectivity index (χ1v) is 7.64. The summed E-state index contributed by atoms with van der Waals surface area (Å²) in [5.74, 6) is 1.14. The average Bonchev–Trinajstić information content (AvgIpc) is 2.79. The number of Topliss-reactive ketones (excluding diaryl/α,β-unsaturated/α-hetero) is 1. The van der Waals surface area contributed by atoms with Gasteiger partial charge in [0.25, 0.3) is 0 Å². The van der Waals surface area contributed by atoms with Crippen molar-refractivity contribution < 1.29 is 9.53 Å². The van der Waals surface area contributed by atoms with Crippen LogP contribution in [0.2, 0.25) is 0 Å². The second-order valence-electron chi connectivity index (χ2n) is 6.01. The zero-order valence-corrected chi connectivity index (χ0v) is 12.9. The van der Waals surface area contributed by atoms with Crippen molar-refractivity contribution in [1.82, 2.24) is 9.38 Å². The summed E-state index contributed by atoms with van der Waals surface area (Å²) in [6.45, 7) is 7.67. The minimum atomic E-state index is 0.114. The Bertz CT molecular complexity index is 669. The molecule has 1 atom stereocenters. The molecular weight excluding hydrogens is 264 g/mol. The minimum absolute atomic E-state index is 0.114. The number of ketones is 1. The Hall–Kier alpha value is -1.68. The number of fused-ring (bicyclic) bond motifs is 1. The molecule has 112 valence electrons. The average molecular weight is 286 g/mol. The highest BCUT2D eigenvalue weighted by Gasteiger charge is 2.28. The SMILES string of the molecule is CC(=O)c1c(C)c(C(C)C2CCOCC2)n2ccncc12. The summed E-state index contributed by atoms with van der Waals surface area (Å²) in [4.78, 5) is 16.2. The largest absolute Gasteiger partial charge is 0.381 e. The second-order valence-corrected chi connectivity index (χ2v) is 6.01. The molecule has 2 aromatic rings. The van der Waals surface area contributed by atoms with E-state index in [2.05, 4.69) is 23.2 Å². The maximum atomic E-state index is 12.0. The highest BCUT2D eigenvalue weighted by atomic mass is 16.5. The molecule has 1 aliphatic heterocycles. The van der Waals surface area contributed by atoms with E-state index in [0.717, 1.165) is 42.7 Å². The Morgan fingerprint density at radius 3 is 2.81 bits per heavy atom. The molecule has 0 spiro atoms. The van der Waals surface area contributed by atoms with Gasteiger partial charge in [0.1, 0.15) is 0 Å². The van der Waals surface area contributed by atoms with Gasteiger partial charge < -0.3 is 9.14 Å². The molecule has 3 heterocycles. The molecule has 0 aliphatic carbocycles. The third kappa shape index (κ3) is 2.38. The van der Waals surface area contributed by atoms with Gasteiger partial charge in [0.05, 0.1) is 11.7 Å². The Morgan fingerprint density at radius 1 is 1.43 bits per heavy atom. The lowest BCUT2D eigenvalue weighted by atomic mass is 9.83. The number of hydrogen-bond acceptors (Lipinski definition) is 3. The highest BCUT2D eigenvalue weighted by Crippen LogP contribution is 2.36. The molecule has 21 heavy (non-hydrogen) atoms. The zero-order valence-electron chi connectivity index (χ0n) is 12.9. The van der Waals surface area contributed by atoms with Gasteiger partial charge in [-0.1, -0.05) is 6.92 Å². The molecule has 1 aliphatic rings. The highest BCUT2D eigenvalue weighted by molar-refractivity contribution is 6.02. The molecule has 1 saturated heterocycles. The maximum Gasteiger partial charge on any atom is 0.162 e. The topological polar surface area (TPSA) is 43.6 Å². The lowest BCUT2D eigenvalue weighted by molar-refractivity contribution is 0.0591. The molecule has 1 fully saturated rings. The van der Waals surface area contributed by atoms with Crippen molar-refractivity contribution in [3.8, 4) is 0 Å². The molecule has 2 aromatic heterocycles. The fourth-order valence-electron chi connectivity index (χ4n) is 3.70. The molecule has 0 radical (unpaired) electrons. The van der Waals surface area contributed by atoms with Gasteiger partial charge in [-0.3, -0.25) is 9.78 Å². The summed E-state index contributed by atoms with van der Waals surface area (Å²) in [5.41, 5.74) is 4.10. The fourth-order valence-corrected chi connectivity index (χ4v) is 3.70. The van der Waals surface area contributed by atoms with Crippen molar-refractivity contribution in [3.63, 3.8) is 0 Å². The van der Waals surface area contributed by atoms with Crippen molar-refractivity contribution in [2.45, 2.75) is 39.5 Å². The Balaban J connectivity index is 2.13. The first-order valence-electron chi connectivity index (χ1n) is 7.64. The summed E-state index contributed by atoms with van der Waals surface area (Å²) in [6, 6.07) is 0. The molecule has 0 aromatic carbocycles. The third-order valence-electron chi connectivity index (χ3n) is 4.79. The van der Waals surface area contributed by atoms with Gasteiger partial charge in [-0.15, -0.1) is 0 Å². The molecule has 4 nitrogen and oxygen atoms in total. The monoisotopic (exact) mass is 286 g/mol. The van der Waals surface area contributed by atoms with E-state index < -0.39 is 0 Å². The molecule has 4 heteroatoms. The van der Waals surface area contributed by atoms with E-state index in [1.54, 1.807) is 19.3 Å². The van der Waals surface area contributed by atoms with E-state index >= 15 is 0 Å². The van der Waals surface area contributed by atoms with Crippen molar-refractivity contribution in [2.24, 2.45) is 5.92 Å². The van der Waals surface area contributed by atoms with Crippen LogP contribution in [0.5, 0.6) is 0 Å². The Morgan fingerprint density at radius 2 is 2.14 bits per heavy atom. The van der Waals surface area contributed by atoms with Gasteiger partial charge in [-0.25, -0.2) is 0 Å². The van der Waals surface area contributed by atoms with Crippen molar-refractivity contribution >= 4 is 11.3 Å². The van der Waals surface area contributed by atoms with Gasteiger partial charge in [-0.2, -0.15) is 0 Å². The zero-order chi connectivity index (χ0) is 15.0. The van der Waals surface area contributed by atoms with Gasteiger partial charge in [-0.05, 0) is 38.2 Å². The van der Waals surface area contributed by atoms with Crippen molar-refractivity contribution in [3.05, 3.63) is 35.4 Å². The first kappa shape index (κ1) is 14.3. The van der Waals surface area contributed by atoms with E-state index in [-0.39, 0.29) is 5.78 Å². The number of nitrogens with zero attached hydrogens (tertiary/aromatic N) is 2. The van der Waals surface area contributed by atoms with Crippen LogP contribution in [0.25, 0.3) is 5.52 Å². The van der Waals surface area contributed by atoms with Crippen LogP contribution in [-0.4, -0.2) is 28.4 Å². The van der Waals surface area contributed by atoms with Gasteiger partial charge in [0.2, 0.25) is 0 Å². The van der Waals surface area contributed by atoms with Crippen LogP contribution < -0.4 is 0 Å². The van der Waals surface area contributed by atoms with Crippen LogP contribution in [0.3, 0.4) is 0 Å². The fraction of sp³-hybridized carbons (Fsp3) is 0.529. The molecule has 0 N–H and O–H groups in total. The smallest absolute Gasteiger partial charge is 0.162 e. The van der Waals surface area contributed by atoms with Crippen LogP contribution in [-0.2, 0) is 4.74 Å². The normalized spacial score (nSPS) is 18.0. The number of hydrogen-bond donors (Lipinski definition) is 0. The van der Waals surface area contributed by atoms with E-state index in [4.69, 9.17) is 4.74 Å². The summed E-state index contributed by atoms with van der Waals surface area (Å²) < 4.78 is 7.63. The van der Waals surface area contributed by atoms with E-state index in [1.807, 2.05) is 6.20 Å². The summed E-state index contributed by atoms with van der Waals surface area (Å²) in [7, 11) is 0. The van der Waals surface area contributed by atoms with E-state index in [1.165, 1.54) is 5.69 Å². The second kappa shape index (κ2) is 5.60. The van der Waals surface area contributed by atoms with Crippen molar-refractivity contribution in [1.29, 1.82) is 0 Å². The summed E-state index contributed by atoms with van der Waals surface area (Å²) >= 11 is 0. The molecule has 0 bridgehead atoms. The minimum Gasteiger partial charge on any atom is -0.381 e. The quantitative estimate of drug-likeness (QED) is 0.812. The first-order chi connectivity index (χ1) is 10.1. The summed E-state index contributed by atoms with van der Waals surface area (Å²) in [5, 5.41) is 0. The van der Waals surface area contributed by atoms with Crippen LogP contribution in [0, 0.1) is 12.8 Å². The number of carbonyl (C=O) groups is 1. The number of ether oxygens (including phenoxy) is 1. The number of rotatable bonds is 3. The lowest BCUT2D eigenvalue weighted by Gasteiger charge is -2.28. The van der Waals surface area contributed by atoms with Crippen molar-refractivity contribution in [2.75, 3.05) is 13.2 Å². The predicted octanol–water partition coefficient (Wildman–Crippen LogP) is 3.38. The molecule has 0 saturated carbocycles. The van der Waals surface area contributed by atoms with Gasteiger partial charge in [0.15, 0.2) is 5.78 Å². The third-order valence-corrected chi connectivity index (χ3v) is 4.79. The predicted molar refractivity (Wildman–Crippen MR) is 81.9 cm³/mol. The van der Waals surface area contributed by atoms with Crippen LogP contribution in [0.15, 0.2) is 18.6 Å². The molecule has 0 amide bonds. The maximum absolute atomic E-state index is 12.0. The molecule has 3 rings (SSSR count). The Labute approximate surface area is 125 Å². The summed E-state index contributed by atoms with van der Waals surface area (Å²) in [6.07, 6.45) is 7.74. The Kier molecular flexibility index (Phi) is 3.81. The molecular formula is C17H22N2O2. The van der Waals surface area contributed by atoms with Gasteiger partial charge >= 0.3 is 0 Å². The standard InChI is InChI=1S/C17H22N2O2/c1-11(14-4-8-21-9-5-14)17-12(2)16(13(3)20)15-10-18-6-7-19(15)17/h6-7,10-11,14H,4-5,8-9H2,1-3H3. The van der Waals surface area contributed by atoms with E-state index in [0.29, 0.717) is 11.8 Å². The number of aromatic nitrogens is 2. The number of carbonyl (C=O) groups excluding carboxylic acids is 1. The van der Waals surface area contributed by atoms with Crippen LogP contribution >= 0.6 is 0 Å². The lowest BCUT2D eigenvalue weighted by Crippen LogP contribution is -2.21. The van der Waals surface area contributed by atoms with Gasteiger partial charge in [0, 0.05) is 42.8 Å².